The molecule has 0 aliphatic rings. The van der Waals surface area contributed by atoms with E-state index in [4.69, 9.17) is 27.9 Å². The molecule has 3 aromatic carbocycles. The van der Waals surface area contributed by atoms with Crippen LogP contribution in [0.2, 0.25) is 10.0 Å². The van der Waals surface area contributed by atoms with Gasteiger partial charge in [-0.25, -0.2) is 13.2 Å². The number of benzene rings is 3. The number of carbonyl (C=O) groups excluding carboxylic acids is 2. The van der Waals surface area contributed by atoms with E-state index in [0.717, 1.165) is 0 Å². The van der Waals surface area contributed by atoms with Crippen LogP contribution in [-0.4, -0.2) is 26.9 Å². The van der Waals surface area contributed by atoms with Crippen molar-refractivity contribution in [3.8, 4) is 0 Å². The number of para-hydroxylation sites is 1. The number of ether oxygens (including phenoxy) is 1. The second kappa shape index (κ2) is 9.82. The zero-order valence-corrected chi connectivity index (χ0v) is 18.2. The lowest BCUT2D eigenvalue weighted by atomic mass is 10.2. The van der Waals surface area contributed by atoms with Crippen LogP contribution in [0.4, 0.5) is 11.4 Å². The smallest absolute Gasteiger partial charge is 0.338 e. The molecule has 1 amide bonds. The van der Waals surface area contributed by atoms with Crippen LogP contribution in [-0.2, 0) is 19.6 Å². The number of esters is 1. The summed E-state index contributed by atoms with van der Waals surface area (Å²) in [5, 5.41) is 3.20. The molecule has 10 heteroatoms. The van der Waals surface area contributed by atoms with E-state index in [1.165, 1.54) is 42.5 Å². The maximum atomic E-state index is 12.4. The van der Waals surface area contributed by atoms with Crippen LogP contribution in [0.15, 0.2) is 77.7 Å². The minimum absolute atomic E-state index is 0.0246. The van der Waals surface area contributed by atoms with Crippen LogP contribution in [0, 0.1) is 0 Å². The molecule has 0 unspecified atom stereocenters. The fourth-order valence-corrected chi connectivity index (χ4v) is 4.11. The molecule has 160 valence electrons. The van der Waals surface area contributed by atoms with Crippen LogP contribution in [0.1, 0.15) is 10.4 Å². The first-order chi connectivity index (χ1) is 14.7. The van der Waals surface area contributed by atoms with E-state index < -0.39 is 28.5 Å². The molecule has 0 heterocycles. The standard InChI is InChI=1S/C21H16Cl2N2O5S/c22-15-10-16(23)12-18(11-15)24-20(26)13-30-21(27)14-6-8-19(9-7-14)31(28,29)25-17-4-2-1-3-5-17/h1-12,25H,13H2,(H,24,26). The molecule has 31 heavy (non-hydrogen) atoms. The fraction of sp³-hybridized carbons (Fsp3) is 0.0476. The summed E-state index contributed by atoms with van der Waals surface area (Å²) in [5.74, 6) is -1.36. The van der Waals surface area contributed by atoms with Crippen molar-refractivity contribution in [1.82, 2.24) is 0 Å². The lowest BCUT2D eigenvalue weighted by Crippen LogP contribution is -2.21. The van der Waals surface area contributed by atoms with Crippen LogP contribution < -0.4 is 10.0 Å². The molecule has 7 nitrogen and oxygen atoms in total. The lowest BCUT2D eigenvalue weighted by molar-refractivity contribution is -0.119. The highest BCUT2D eigenvalue weighted by Gasteiger charge is 2.16. The molecule has 0 spiro atoms. The van der Waals surface area contributed by atoms with Crippen molar-refractivity contribution in [2.45, 2.75) is 4.90 Å². The number of anilines is 2. The van der Waals surface area contributed by atoms with Gasteiger partial charge in [0.1, 0.15) is 0 Å². The van der Waals surface area contributed by atoms with E-state index in [1.54, 1.807) is 30.3 Å². The molecule has 3 aromatic rings. The Hall–Kier alpha value is -3.07. The molecule has 0 atom stereocenters. The Labute approximate surface area is 189 Å². The van der Waals surface area contributed by atoms with Gasteiger partial charge in [0.25, 0.3) is 15.9 Å². The van der Waals surface area contributed by atoms with Gasteiger partial charge in [-0.1, -0.05) is 41.4 Å². The Morgan fingerprint density at radius 1 is 0.839 bits per heavy atom. The van der Waals surface area contributed by atoms with Gasteiger partial charge in [0.2, 0.25) is 0 Å². The van der Waals surface area contributed by atoms with Crippen LogP contribution >= 0.6 is 23.2 Å². The summed E-state index contributed by atoms with van der Waals surface area (Å²) < 4.78 is 32.2. The predicted molar refractivity (Wildman–Crippen MR) is 119 cm³/mol. The Bertz CT molecular complexity index is 1180. The number of sulfonamides is 1. The first-order valence-corrected chi connectivity index (χ1v) is 11.1. The summed E-state index contributed by atoms with van der Waals surface area (Å²) in [6.45, 7) is -0.543. The monoisotopic (exact) mass is 478 g/mol. The van der Waals surface area contributed by atoms with Gasteiger partial charge in [-0.2, -0.15) is 0 Å². The Morgan fingerprint density at radius 2 is 1.45 bits per heavy atom. The van der Waals surface area contributed by atoms with Gasteiger partial charge in [-0.15, -0.1) is 0 Å². The molecule has 2 N–H and O–H groups in total. The molecule has 0 radical (unpaired) electrons. The molecule has 0 aromatic heterocycles. The van der Waals surface area contributed by atoms with E-state index in [-0.39, 0.29) is 10.5 Å². The zero-order chi connectivity index (χ0) is 22.4. The van der Waals surface area contributed by atoms with E-state index in [2.05, 4.69) is 10.0 Å². The quantitative estimate of drug-likeness (QED) is 0.483. The molecule has 0 fully saturated rings. The van der Waals surface area contributed by atoms with Gasteiger partial charge in [-0.05, 0) is 54.6 Å². The molecule has 0 aliphatic heterocycles. The predicted octanol–water partition coefficient (Wildman–Crippen LogP) is 4.59. The van der Waals surface area contributed by atoms with Crippen molar-refractivity contribution >= 4 is 56.5 Å². The van der Waals surface area contributed by atoms with Crippen molar-refractivity contribution in [3.05, 3.63) is 88.4 Å². The highest BCUT2D eigenvalue weighted by molar-refractivity contribution is 7.92. The van der Waals surface area contributed by atoms with Gasteiger partial charge in [0.05, 0.1) is 10.5 Å². The third-order valence-corrected chi connectivity index (χ3v) is 5.74. The summed E-state index contributed by atoms with van der Waals surface area (Å²) in [5.41, 5.74) is 0.870. The highest BCUT2D eigenvalue weighted by atomic mass is 35.5. The molecule has 0 saturated carbocycles. The largest absolute Gasteiger partial charge is 0.452 e. The van der Waals surface area contributed by atoms with Crippen molar-refractivity contribution in [1.29, 1.82) is 0 Å². The minimum Gasteiger partial charge on any atom is -0.452 e. The number of rotatable bonds is 7. The SMILES string of the molecule is O=C(COC(=O)c1ccc(S(=O)(=O)Nc2ccccc2)cc1)Nc1cc(Cl)cc(Cl)c1. The molecule has 3 rings (SSSR count). The second-order valence-electron chi connectivity index (χ2n) is 6.28. The maximum absolute atomic E-state index is 12.4. The first kappa shape index (κ1) is 22.6. The molecular formula is C21H16Cl2N2O5S. The van der Waals surface area contributed by atoms with E-state index in [1.807, 2.05) is 0 Å². The molecular weight excluding hydrogens is 463 g/mol. The summed E-state index contributed by atoms with van der Waals surface area (Å²) in [4.78, 5) is 24.1. The topological polar surface area (TPSA) is 102 Å². The van der Waals surface area contributed by atoms with Gasteiger partial charge >= 0.3 is 5.97 Å². The number of nitrogens with one attached hydrogen (secondary N) is 2. The maximum Gasteiger partial charge on any atom is 0.338 e. The number of halogens is 2. The van der Waals surface area contributed by atoms with Crippen molar-refractivity contribution in [2.24, 2.45) is 0 Å². The van der Waals surface area contributed by atoms with Gasteiger partial charge in [-0.3, -0.25) is 9.52 Å². The van der Waals surface area contributed by atoms with Crippen molar-refractivity contribution < 1.29 is 22.7 Å². The number of carbonyl (C=O) groups is 2. The third-order valence-electron chi connectivity index (χ3n) is 3.91. The second-order valence-corrected chi connectivity index (χ2v) is 8.83. The normalized spacial score (nSPS) is 10.9. The molecule has 0 bridgehead atoms. The summed E-state index contributed by atoms with van der Waals surface area (Å²) in [7, 11) is -3.81. The van der Waals surface area contributed by atoms with Crippen LogP contribution in [0.25, 0.3) is 0 Å². The fourth-order valence-electron chi connectivity index (χ4n) is 2.53. The van der Waals surface area contributed by atoms with E-state index >= 15 is 0 Å². The Kier molecular flexibility index (Phi) is 7.17. The van der Waals surface area contributed by atoms with Crippen LogP contribution in [0.3, 0.4) is 0 Å². The Balaban J connectivity index is 1.58. The molecule has 0 aliphatic carbocycles. The lowest BCUT2D eigenvalue weighted by Gasteiger charge is -2.09. The van der Waals surface area contributed by atoms with E-state index in [9.17, 15) is 18.0 Å². The molecule has 0 saturated heterocycles. The van der Waals surface area contributed by atoms with Crippen LogP contribution in [0.5, 0.6) is 0 Å². The summed E-state index contributed by atoms with van der Waals surface area (Å²) >= 11 is 11.7. The third kappa shape index (κ3) is 6.45. The Morgan fingerprint density at radius 3 is 2.06 bits per heavy atom. The summed E-state index contributed by atoms with van der Waals surface area (Å²) in [6, 6.07) is 18.1. The minimum atomic E-state index is -3.81. The van der Waals surface area contributed by atoms with Crippen molar-refractivity contribution in [2.75, 3.05) is 16.6 Å². The highest BCUT2D eigenvalue weighted by Crippen LogP contribution is 2.22. The first-order valence-electron chi connectivity index (χ1n) is 8.84. The van der Waals surface area contributed by atoms with Crippen molar-refractivity contribution in [3.63, 3.8) is 0 Å². The number of hydrogen-bond donors (Lipinski definition) is 2. The number of amides is 1. The number of hydrogen-bond acceptors (Lipinski definition) is 5. The average molecular weight is 479 g/mol. The van der Waals surface area contributed by atoms with Gasteiger partial charge in [0, 0.05) is 21.4 Å². The summed E-state index contributed by atoms with van der Waals surface area (Å²) in [6.07, 6.45) is 0. The average Bonchev–Trinajstić information content (AvgIpc) is 2.72. The van der Waals surface area contributed by atoms with Gasteiger partial charge < -0.3 is 10.1 Å². The zero-order valence-electron chi connectivity index (χ0n) is 15.8. The van der Waals surface area contributed by atoms with E-state index in [0.29, 0.717) is 21.4 Å². The van der Waals surface area contributed by atoms with Gasteiger partial charge in [0.15, 0.2) is 6.61 Å².